The zero-order valence-corrected chi connectivity index (χ0v) is 18.6. The number of aryl methyl sites for hydroxylation is 2. The standard InChI is InChI=1S/C21H28N2O4S2/c1-16-7-9-19(10-8-16)29(25,26)23-20(11-14-28-3)21(24)22-12-13-27-18-6-4-5-17(2)15-18/h4-10,15,20,23H,11-14H2,1-3H3,(H,22,24). The van der Waals surface area contributed by atoms with Gasteiger partial charge in [0.2, 0.25) is 15.9 Å². The van der Waals surface area contributed by atoms with E-state index in [9.17, 15) is 13.2 Å². The van der Waals surface area contributed by atoms with E-state index >= 15 is 0 Å². The molecule has 2 rings (SSSR count). The van der Waals surface area contributed by atoms with Crippen molar-refractivity contribution in [3.63, 3.8) is 0 Å². The van der Waals surface area contributed by atoms with Gasteiger partial charge in [0.05, 0.1) is 11.4 Å². The van der Waals surface area contributed by atoms with Crippen LogP contribution in [0.15, 0.2) is 53.4 Å². The molecule has 1 atom stereocenters. The summed E-state index contributed by atoms with van der Waals surface area (Å²) in [6.07, 6.45) is 2.32. The molecule has 0 aromatic heterocycles. The minimum Gasteiger partial charge on any atom is -0.492 e. The van der Waals surface area contributed by atoms with Crippen molar-refractivity contribution >= 4 is 27.7 Å². The number of hydrogen-bond acceptors (Lipinski definition) is 5. The van der Waals surface area contributed by atoms with Crippen molar-refractivity contribution in [3.05, 3.63) is 59.7 Å². The molecule has 158 valence electrons. The summed E-state index contributed by atoms with van der Waals surface area (Å²) in [6.45, 7) is 4.45. The van der Waals surface area contributed by atoms with Crippen LogP contribution in [-0.4, -0.2) is 45.5 Å². The van der Waals surface area contributed by atoms with Crippen LogP contribution in [0.4, 0.5) is 0 Å². The number of rotatable bonds is 11. The predicted molar refractivity (Wildman–Crippen MR) is 118 cm³/mol. The van der Waals surface area contributed by atoms with E-state index in [1.54, 1.807) is 23.9 Å². The van der Waals surface area contributed by atoms with E-state index in [1.807, 2.05) is 44.4 Å². The Morgan fingerprint density at radius 3 is 2.48 bits per heavy atom. The SMILES string of the molecule is CSCCC(NS(=O)(=O)c1ccc(C)cc1)C(=O)NCCOc1cccc(C)c1. The van der Waals surface area contributed by atoms with Crippen LogP contribution in [0, 0.1) is 13.8 Å². The fourth-order valence-electron chi connectivity index (χ4n) is 2.62. The number of benzene rings is 2. The van der Waals surface area contributed by atoms with Crippen LogP contribution in [0.5, 0.6) is 5.75 Å². The van der Waals surface area contributed by atoms with Crippen LogP contribution < -0.4 is 14.8 Å². The maximum absolute atomic E-state index is 12.6. The van der Waals surface area contributed by atoms with Crippen molar-refractivity contribution in [1.29, 1.82) is 0 Å². The average Bonchev–Trinajstić information content (AvgIpc) is 2.68. The number of hydrogen-bond donors (Lipinski definition) is 2. The highest BCUT2D eigenvalue weighted by Gasteiger charge is 2.25. The Kier molecular flexibility index (Phi) is 9.00. The lowest BCUT2D eigenvalue weighted by Gasteiger charge is -2.18. The Balaban J connectivity index is 1.93. The maximum Gasteiger partial charge on any atom is 0.241 e. The Labute approximate surface area is 177 Å². The van der Waals surface area contributed by atoms with Gasteiger partial charge in [-0.2, -0.15) is 16.5 Å². The monoisotopic (exact) mass is 436 g/mol. The van der Waals surface area contributed by atoms with Crippen molar-refractivity contribution in [2.75, 3.05) is 25.2 Å². The molecule has 2 aromatic rings. The minimum atomic E-state index is -3.78. The Morgan fingerprint density at radius 2 is 1.83 bits per heavy atom. The Morgan fingerprint density at radius 1 is 1.10 bits per heavy atom. The summed E-state index contributed by atoms with van der Waals surface area (Å²) in [7, 11) is -3.78. The molecule has 2 aromatic carbocycles. The molecule has 0 aliphatic carbocycles. The molecule has 0 bridgehead atoms. The highest BCUT2D eigenvalue weighted by atomic mass is 32.2. The van der Waals surface area contributed by atoms with Gasteiger partial charge in [-0.1, -0.05) is 29.8 Å². The molecule has 0 fully saturated rings. The fraction of sp³-hybridized carbons (Fsp3) is 0.381. The smallest absolute Gasteiger partial charge is 0.241 e. The van der Waals surface area contributed by atoms with Crippen molar-refractivity contribution in [1.82, 2.24) is 10.0 Å². The third kappa shape index (κ3) is 7.72. The lowest BCUT2D eigenvalue weighted by Crippen LogP contribution is -2.47. The molecule has 0 saturated carbocycles. The number of nitrogens with one attached hydrogen (secondary N) is 2. The molecule has 0 radical (unpaired) electrons. The Hall–Kier alpha value is -2.03. The van der Waals surface area contributed by atoms with Gasteiger partial charge < -0.3 is 10.1 Å². The third-order valence-corrected chi connectivity index (χ3v) is 6.35. The van der Waals surface area contributed by atoms with Gasteiger partial charge in [-0.05, 0) is 62.1 Å². The van der Waals surface area contributed by atoms with Gasteiger partial charge in [0, 0.05) is 0 Å². The molecular weight excluding hydrogens is 408 g/mol. The van der Waals surface area contributed by atoms with E-state index in [-0.39, 0.29) is 17.3 Å². The summed E-state index contributed by atoms with van der Waals surface area (Å²) in [5, 5.41) is 2.76. The minimum absolute atomic E-state index is 0.146. The molecule has 0 spiro atoms. The first-order chi connectivity index (χ1) is 13.8. The van der Waals surface area contributed by atoms with Gasteiger partial charge in [-0.25, -0.2) is 8.42 Å². The zero-order valence-electron chi connectivity index (χ0n) is 17.0. The van der Waals surface area contributed by atoms with Crippen LogP contribution in [0.25, 0.3) is 0 Å². The molecule has 1 unspecified atom stereocenters. The topological polar surface area (TPSA) is 84.5 Å². The molecule has 0 aliphatic heterocycles. The highest BCUT2D eigenvalue weighted by molar-refractivity contribution is 7.98. The van der Waals surface area contributed by atoms with Crippen LogP contribution in [-0.2, 0) is 14.8 Å². The molecule has 29 heavy (non-hydrogen) atoms. The molecule has 0 saturated heterocycles. The van der Waals surface area contributed by atoms with E-state index in [1.165, 1.54) is 12.1 Å². The molecule has 1 amide bonds. The summed E-state index contributed by atoms with van der Waals surface area (Å²) in [4.78, 5) is 12.7. The highest BCUT2D eigenvalue weighted by Crippen LogP contribution is 2.13. The van der Waals surface area contributed by atoms with Crippen LogP contribution in [0.2, 0.25) is 0 Å². The van der Waals surface area contributed by atoms with Gasteiger partial charge in [0.25, 0.3) is 0 Å². The van der Waals surface area contributed by atoms with Crippen molar-refractivity contribution < 1.29 is 17.9 Å². The van der Waals surface area contributed by atoms with Crippen molar-refractivity contribution in [2.24, 2.45) is 0 Å². The van der Waals surface area contributed by atoms with E-state index in [0.29, 0.717) is 18.8 Å². The molecule has 6 nitrogen and oxygen atoms in total. The molecule has 0 heterocycles. The number of amides is 1. The first-order valence-electron chi connectivity index (χ1n) is 9.37. The number of sulfonamides is 1. The van der Waals surface area contributed by atoms with E-state index < -0.39 is 16.1 Å². The van der Waals surface area contributed by atoms with E-state index in [4.69, 9.17) is 4.74 Å². The first-order valence-corrected chi connectivity index (χ1v) is 12.2. The van der Waals surface area contributed by atoms with Crippen molar-refractivity contribution in [2.45, 2.75) is 31.2 Å². The number of thioether (sulfide) groups is 1. The Bertz CT molecular complexity index is 899. The van der Waals surface area contributed by atoms with Crippen molar-refractivity contribution in [3.8, 4) is 5.75 Å². The quantitative estimate of drug-likeness (QED) is 0.529. The summed E-state index contributed by atoms with van der Waals surface area (Å²) in [5.74, 6) is 1.04. The molecular formula is C21H28N2O4S2. The summed E-state index contributed by atoms with van der Waals surface area (Å²) >= 11 is 1.56. The maximum atomic E-state index is 12.6. The fourth-order valence-corrected chi connectivity index (χ4v) is 4.32. The lowest BCUT2D eigenvalue weighted by atomic mass is 10.2. The molecule has 0 aliphatic rings. The number of ether oxygens (including phenoxy) is 1. The van der Waals surface area contributed by atoms with Gasteiger partial charge in [-0.15, -0.1) is 0 Å². The van der Waals surface area contributed by atoms with Crippen LogP contribution in [0.3, 0.4) is 0 Å². The van der Waals surface area contributed by atoms with Gasteiger partial charge in [-0.3, -0.25) is 4.79 Å². The second-order valence-electron chi connectivity index (χ2n) is 6.72. The van der Waals surface area contributed by atoms with Gasteiger partial charge in [0.1, 0.15) is 18.4 Å². The number of carbonyl (C=O) groups is 1. The normalized spacial score (nSPS) is 12.4. The second kappa shape index (κ2) is 11.2. The number of carbonyl (C=O) groups excluding carboxylic acids is 1. The van der Waals surface area contributed by atoms with Gasteiger partial charge in [0.15, 0.2) is 0 Å². The van der Waals surface area contributed by atoms with Crippen LogP contribution in [0.1, 0.15) is 17.5 Å². The molecule has 2 N–H and O–H groups in total. The summed E-state index contributed by atoms with van der Waals surface area (Å²) < 4.78 is 33.4. The van der Waals surface area contributed by atoms with E-state index in [2.05, 4.69) is 10.0 Å². The molecule has 8 heteroatoms. The summed E-state index contributed by atoms with van der Waals surface area (Å²) in [5.41, 5.74) is 2.06. The zero-order chi connectivity index (χ0) is 21.3. The second-order valence-corrected chi connectivity index (χ2v) is 9.42. The average molecular weight is 437 g/mol. The predicted octanol–water partition coefficient (Wildman–Crippen LogP) is 2.90. The lowest BCUT2D eigenvalue weighted by molar-refractivity contribution is -0.122. The van der Waals surface area contributed by atoms with Crippen LogP contribution >= 0.6 is 11.8 Å². The van der Waals surface area contributed by atoms with Gasteiger partial charge >= 0.3 is 0 Å². The third-order valence-electron chi connectivity index (χ3n) is 4.22. The largest absolute Gasteiger partial charge is 0.492 e. The van der Waals surface area contributed by atoms with E-state index in [0.717, 1.165) is 16.9 Å². The first kappa shape index (κ1) is 23.3. The summed E-state index contributed by atoms with van der Waals surface area (Å²) in [6, 6.07) is 13.3.